The third kappa shape index (κ3) is 4.03. The lowest BCUT2D eigenvalue weighted by molar-refractivity contribution is -0.383. The van der Waals surface area contributed by atoms with E-state index < -0.39 is 16.9 Å². The maximum absolute atomic E-state index is 12.5. The number of hydrogen-bond donors (Lipinski definition) is 1. The molecule has 0 aliphatic carbocycles. The average Bonchev–Trinajstić information content (AvgIpc) is 3.17. The highest BCUT2D eigenvalue weighted by molar-refractivity contribution is 5.95. The fourth-order valence-corrected chi connectivity index (χ4v) is 2.60. The largest absolute Gasteiger partial charge is 0.318 e. The molecule has 0 saturated heterocycles. The first-order valence-corrected chi connectivity index (χ1v) is 8.81. The number of para-hydroxylation sites is 2. The van der Waals surface area contributed by atoms with E-state index in [9.17, 15) is 14.9 Å². The predicted molar refractivity (Wildman–Crippen MR) is 104 cm³/mol. The zero-order valence-corrected chi connectivity index (χ0v) is 15.7. The molecule has 3 aromatic rings. The molecule has 3 rings (SSSR count). The van der Waals surface area contributed by atoms with Crippen molar-refractivity contribution in [1.82, 2.24) is 20.2 Å². The Morgan fingerprint density at radius 1 is 1.11 bits per heavy atom. The third-order valence-corrected chi connectivity index (χ3v) is 4.35. The molecule has 0 unspecified atom stereocenters. The second kappa shape index (κ2) is 7.95. The number of nitrogens with one attached hydrogen (secondary N) is 1. The van der Waals surface area contributed by atoms with Gasteiger partial charge in [-0.1, -0.05) is 50.2 Å². The van der Waals surface area contributed by atoms with Crippen molar-refractivity contribution in [2.24, 2.45) is 0 Å². The minimum absolute atomic E-state index is 0.119. The quantitative estimate of drug-likeness (QED) is 0.516. The Kier molecular flexibility index (Phi) is 5.44. The van der Waals surface area contributed by atoms with Crippen molar-refractivity contribution in [2.45, 2.75) is 32.7 Å². The summed E-state index contributed by atoms with van der Waals surface area (Å²) >= 11 is 0. The standard InChI is InChI=1S/C19H20N6O3/c1-12(2)14-8-10-15(11-9-14)18-21-23-24(22-18)13(3)19(26)20-16-6-4-5-7-17(16)25(27)28/h4-13H,1-3H3,(H,20,26)/t13-/m1/s1. The van der Waals surface area contributed by atoms with Crippen molar-refractivity contribution in [3.05, 3.63) is 64.2 Å². The van der Waals surface area contributed by atoms with Crippen molar-refractivity contribution in [3.8, 4) is 11.4 Å². The van der Waals surface area contributed by atoms with Gasteiger partial charge in [0.15, 0.2) is 0 Å². The zero-order valence-electron chi connectivity index (χ0n) is 15.7. The Hall–Kier alpha value is -3.62. The van der Waals surface area contributed by atoms with Crippen molar-refractivity contribution in [1.29, 1.82) is 0 Å². The number of nitro groups is 1. The van der Waals surface area contributed by atoms with Gasteiger partial charge in [-0.15, -0.1) is 10.2 Å². The van der Waals surface area contributed by atoms with E-state index in [2.05, 4.69) is 34.6 Å². The molecular weight excluding hydrogens is 360 g/mol. The molecule has 1 aromatic heterocycles. The van der Waals surface area contributed by atoms with Gasteiger partial charge in [0.05, 0.1) is 4.92 Å². The normalized spacial score (nSPS) is 12.0. The van der Waals surface area contributed by atoms with Gasteiger partial charge in [0.25, 0.3) is 11.6 Å². The summed E-state index contributed by atoms with van der Waals surface area (Å²) in [6, 6.07) is 13.0. The number of benzene rings is 2. The van der Waals surface area contributed by atoms with E-state index in [0.29, 0.717) is 11.7 Å². The number of carbonyl (C=O) groups excluding carboxylic acids is 1. The van der Waals surface area contributed by atoms with E-state index in [1.807, 2.05) is 24.3 Å². The molecular formula is C19H20N6O3. The van der Waals surface area contributed by atoms with Crippen LogP contribution >= 0.6 is 0 Å². The summed E-state index contributed by atoms with van der Waals surface area (Å²) in [4.78, 5) is 24.2. The lowest BCUT2D eigenvalue weighted by Crippen LogP contribution is -2.25. The zero-order chi connectivity index (χ0) is 20.3. The van der Waals surface area contributed by atoms with Gasteiger partial charge in [-0.2, -0.15) is 4.80 Å². The van der Waals surface area contributed by atoms with Gasteiger partial charge in [-0.05, 0) is 29.7 Å². The first-order chi connectivity index (χ1) is 13.4. The fraction of sp³-hybridized carbons (Fsp3) is 0.263. The minimum Gasteiger partial charge on any atom is -0.318 e. The summed E-state index contributed by atoms with van der Waals surface area (Å²) < 4.78 is 0. The summed E-state index contributed by atoms with van der Waals surface area (Å²) in [5.41, 5.74) is 1.93. The van der Waals surface area contributed by atoms with Crippen LogP contribution in [0.25, 0.3) is 11.4 Å². The molecule has 1 atom stereocenters. The maximum Gasteiger partial charge on any atom is 0.292 e. The van der Waals surface area contributed by atoms with E-state index in [-0.39, 0.29) is 11.4 Å². The van der Waals surface area contributed by atoms with E-state index in [4.69, 9.17) is 0 Å². The Morgan fingerprint density at radius 3 is 2.43 bits per heavy atom. The molecule has 9 nitrogen and oxygen atoms in total. The second-order valence-corrected chi connectivity index (χ2v) is 6.65. The molecule has 9 heteroatoms. The predicted octanol–water partition coefficient (Wildman–Crippen LogP) is 3.57. The van der Waals surface area contributed by atoms with Gasteiger partial charge in [0.2, 0.25) is 5.82 Å². The number of anilines is 1. The van der Waals surface area contributed by atoms with Crippen LogP contribution < -0.4 is 5.32 Å². The molecule has 0 radical (unpaired) electrons. The van der Waals surface area contributed by atoms with E-state index >= 15 is 0 Å². The van der Waals surface area contributed by atoms with Crippen LogP contribution in [0.4, 0.5) is 11.4 Å². The topological polar surface area (TPSA) is 116 Å². The van der Waals surface area contributed by atoms with Gasteiger partial charge in [0, 0.05) is 11.6 Å². The molecule has 28 heavy (non-hydrogen) atoms. The van der Waals surface area contributed by atoms with Gasteiger partial charge in [-0.25, -0.2) is 0 Å². The van der Waals surface area contributed by atoms with Gasteiger partial charge < -0.3 is 5.32 Å². The number of tetrazole rings is 1. The smallest absolute Gasteiger partial charge is 0.292 e. The molecule has 0 saturated carbocycles. The summed E-state index contributed by atoms with van der Waals surface area (Å²) in [5, 5.41) is 25.9. The Balaban J connectivity index is 1.76. The molecule has 0 fully saturated rings. The number of nitro benzene ring substituents is 1. The number of amides is 1. The van der Waals surface area contributed by atoms with Gasteiger partial charge in [-0.3, -0.25) is 14.9 Å². The highest BCUT2D eigenvalue weighted by Crippen LogP contribution is 2.24. The Labute approximate surface area is 161 Å². The van der Waals surface area contributed by atoms with Crippen LogP contribution in [0.2, 0.25) is 0 Å². The lowest BCUT2D eigenvalue weighted by Gasteiger charge is -2.10. The SMILES string of the molecule is CC(C)c1ccc(-c2nnn([C@H](C)C(=O)Nc3ccccc3[N+](=O)[O-])n2)cc1. The second-order valence-electron chi connectivity index (χ2n) is 6.65. The molecule has 1 amide bonds. The van der Waals surface area contributed by atoms with Crippen LogP contribution in [0.5, 0.6) is 0 Å². The van der Waals surface area contributed by atoms with Crippen LogP contribution in [-0.2, 0) is 4.79 Å². The Morgan fingerprint density at radius 2 is 1.79 bits per heavy atom. The maximum atomic E-state index is 12.5. The molecule has 144 valence electrons. The Bertz CT molecular complexity index is 997. The molecule has 0 aliphatic heterocycles. The van der Waals surface area contributed by atoms with Crippen LogP contribution in [-0.4, -0.2) is 31.0 Å². The van der Waals surface area contributed by atoms with Crippen molar-refractivity contribution < 1.29 is 9.72 Å². The number of rotatable bonds is 6. The van der Waals surface area contributed by atoms with Crippen molar-refractivity contribution in [2.75, 3.05) is 5.32 Å². The van der Waals surface area contributed by atoms with Crippen LogP contribution in [0, 0.1) is 10.1 Å². The molecule has 0 bridgehead atoms. The molecule has 1 heterocycles. The lowest BCUT2D eigenvalue weighted by atomic mass is 10.0. The summed E-state index contributed by atoms with van der Waals surface area (Å²) in [5.74, 6) is 0.345. The molecule has 0 spiro atoms. The fourth-order valence-electron chi connectivity index (χ4n) is 2.60. The number of aromatic nitrogens is 4. The molecule has 1 N–H and O–H groups in total. The summed E-state index contributed by atoms with van der Waals surface area (Å²) in [6.07, 6.45) is 0. The number of nitrogens with zero attached hydrogens (tertiary/aromatic N) is 5. The molecule has 0 aliphatic rings. The van der Waals surface area contributed by atoms with E-state index in [1.165, 1.54) is 28.6 Å². The monoisotopic (exact) mass is 380 g/mol. The summed E-state index contributed by atoms with van der Waals surface area (Å²) in [6.45, 7) is 5.82. The third-order valence-electron chi connectivity index (χ3n) is 4.35. The summed E-state index contributed by atoms with van der Waals surface area (Å²) in [7, 11) is 0. The van der Waals surface area contributed by atoms with E-state index in [0.717, 1.165) is 5.56 Å². The van der Waals surface area contributed by atoms with Gasteiger partial charge >= 0.3 is 0 Å². The first-order valence-electron chi connectivity index (χ1n) is 8.81. The van der Waals surface area contributed by atoms with Gasteiger partial charge in [0.1, 0.15) is 11.7 Å². The average molecular weight is 380 g/mol. The number of hydrogen-bond acceptors (Lipinski definition) is 6. The first kappa shape index (κ1) is 19.2. The van der Waals surface area contributed by atoms with E-state index in [1.54, 1.807) is 13.0 Å². The van der Waals surface area contributed by atoms with Crippen molar-refractivity contribution in [3.63, 3.8) is 0 Å². The highest BCUT2D eigenvalue weighted by Gasteiger charge is 2.22. The van der Waals surface area contributed by atoms with Crippen molar-refractivity contribution >= 4 is 17.3 Å². The molecule has 2 aromatic carbocycles. The van der Waals surface area contributed by atoms with Crippen LogP contribution in [0.3, 0.4) is 0 Å². The minimum atomic E-state index is -0.795. The van der Waals surface area contributed by atoms with Crippen LogP contribution in [0.15, 0.2) is 48.5 Å². The highest BCUT2D eigenvalue weighted by atomic mass is 16.6. The number of carbonyl (C=O) groups is 1. The van der Waals surface area contributed by atoms with Crippen LogP contribution in [0.1, 0.15) is 38.3 Å².